The first-order chi connectivity index (χ1) is 14.2. The minimum Gasteiger partial charge on any atom is -0.394 e. The predicted molar refractivity (Wildman–Crippen MR) is 118 cm³/mol. The number of rotatable bonds is 18. The molecule has 1 rings (SSSR count). The van der Waals surface area contributed by atoms with Crippen LogP contribution in [0.15, 0.2) is 12.2 Å². The van der Waals surface area contributed by atoms with Crippen molar-refractivity contribution >= 4 is 0 Å². The quantitative estimate of drug-likeness (QED) is 0.227. The first-order valence-electron chi connectivity index (χ1n) is 12.1. The molecule has 1 aliphatic rings. The number of allylic oxidation sites excluding steroid dienone is 2. The molecule has 0 spiro atoms. The third kappa shape index (κ3) is 12.7. The molecule has 0 aromatic carbocycles. The van der Waals surface area contributed by atoms with Crippen LogP contribution in [0.3, 0.4) is 0 Å². The minimum atomic E-state index is -0.973. The van der Waals surface area contributed by atoms with Gasteiger partial charge in [0.25, 0.3) is 0 Å². The SMILES string of the molecule is CCCCCC/C=C/CCCCCCCCCCO[C@H]1[C@H](O)[C@@H](CO)OC[C@@H]1O. The molecule has 0 aromatic rings. The maximum absolute atomic E-state index is 10.1. The number of hydrogen-bond donors (Lipinski definition) is 3. The third-order valence-electron chi connectivity index (χ3n) is 5.72. The van der Waals surface area contributed by atoms with Crippen molar-refractivity contribution in [3.63, 3.8) is 0 Å². The molecule has 1 aliphatic heterocycles. The average Bonchev–Trinajstić information content (AvgIpc) is 2.72. The Labute approximate surface area is 178 Å². The zero-order valence-electron chi connectivity index (χ0n) is 18.6. The summed E-state index contributed by atoms with van der Waals surface area (Å²) in [5.41, 5.74) is 0. The molecule has 0 amide bonds. The number of ether oxygens (including phenoxy) is 2. The van der Waals surface area contributed by atoms with Crippen LogP contribution in [0, 0.1) is 0 Å². The van der Waals surface area contributed by atoms with E-state index in [1.54, 1.807) is 0 Å². The highest BCUT2D eigenvalue weighted by Gasteiger charge is 2.38. The lowest BCUT2D eigenvalue weighted by molar-refractivity contribution is -0.210. The second kappa shape index (κ2) is 18.3. The van der Waals surface area contributed by atoms with E-state index in [0.717, 1.165) is 12.8 Å². The fourth-order valence-corrected chi connectivity index (χ4v) is 3.79. The molecule has 0 bridgehead atoms. The summed E-state index contributed by atoms with van der Waals surface area (Å²) in [6.07, 6.45) is 19.3. The maximum Gasteiger partial charge on any atom is 0.114 e. The molecule has 0 aliphatic carbocycles. The van der Waals surface area contributed by atoms with Gasteiger partial charge in [-0.15, -0.1) is 0 Å². The van der Waals surface area contributed by atoms with E-state index in [1.165, 1.54) is 77.0 Å². The summed E-state index contributed by atoms with van der Waals surface area (Å²) in [5, 5.41) is 29.1. The summed E-state index contributed by atoms with van der Waals surface area (Å²) in [7, 11) is 0. The Hall–Kier alpha value is -0.460. The summed E-state index contributed by atoms with van der Waals surface area (Å²) < 4.78 is 10.8. The van der Waals surface area contributed by atoms with Crippen LogP contribution >= 0.6 is 0 Å². The molecule has 0 radical (unpaired) electrons. The lowest BCUT2D eigenvalue weighted by atomic mass is 10.0. The van der Waals surface area contributed by atoms with Gasteiger partial charge in [0.1, 0.15) is 24.4 Å². The van der Waals surface area contributed by atoms with E-state index in [-0.39, 0.29) is 13.2 Å². The highest BCUT2D eigenvalue weighted by molar-refractivity contribution is 4.87. The Morgan fingerprint density at radius 3 is 1.97 bits per heavy atom. The average molecular weight is 415 g/mol. The Balaban J connectivity index is 1.86. The molecular formula is C24H46O5. The molecule has 0 unspecified atom stereocenters. The Morgan fingerprint density at radius 1 is 0.828 bits per heavy atom. The zero-order chi connectivity index (χ0) is 21.2. The van der Waals surface area contributed by atoms with Crippen molar-refractivity contribution < 1.29 is 24.8 Å². The van der Waals surface area contributed by atoms with E-state index in [0.29, 0.717) is 6.61 Å². The standard InChI is InChI=1S/C24H46O5/c1-2-3-4-5-6-7-8-9-10-11-12-13-14-15-16-17-18-28-24-21(26)20-29-22(19-25)23(24)27/h7-8,21-27H,2-6,9-20H2,1H3/b8-7+/t21-,22+,23+,24+/m0/s1. The van der Waals surface area contributed by atoms with Crippen LogP contribution in [-0.2, 0) is 9.47 Å². The van der Waals surface area contributed by atoms with Gasteiger partial charge < -0.3 is 24.8 Å². The van der Waals surface area contributed by atoms with Gasteiger partial charge in [-0.1, -0.05) is 76.9 Å². The number of unbranched alkanes of at least 4 members (excludes halogenated alkanes) is 12. The van der Waals surface area contributed by atoms with Gasteiger partial charge in [0.15, 0.2) is 0 Å². The van der Waals surface area contributed by atoms with Crippen LogP contribution in [0.2, 0.25) is 0 Å². The van der Waals surface area contributed by atoms with Crippen molar-refractivity contribution in [2.75, 3.05) is 19.8 Å². The molecule has 1 fully saturated rings. The molecule has 3 N–H and O–H groups in total. The number of aliphatic hydroxyl groups is 3. The minimum absolute atomic E-state index is 0.0989. The van der Waals surface area contributed by atoms with E-state index in [2.05, 4.69) is 19.1 Å². The van der Waals surface area contributed by atoms with Crippen molar-refractivity contribution in [2.45, 2.75) is 121 Å². The molecule has 1 heterocycles. The van der Waals surface area contributed by atoms with Crippen molar-refractivity contribution in [3.8, 4) is 0 Å². The van der Waals surface area contributed by atoms with Gasteiger partial charge >= 0.3 is 0 Å². The molecule has 1 saturated heterocycles. The number of aliphatic hydroxyl groups excluding tert-OH is 3. The second-order valence-electron chi connectivity index (χ2n) is 8.39. The predicted octanol–water partition coefficient (Wildman–Crippen LogP) is 4.52. The van der Waals surface area contributed by atoms with Crippen LogP contribution in [0.25, 0.3) is 0 Å². The number of hydrogen-bond acceptors (Lipinski definition) is 5. The topological polar surface area (TPSA) is 79.2 Å². The summed E-state index contributed by atoms with van der Waals surface area (Å²) in [5.74, 6) is 0. The fourth-order valence-electron chi connectivity index (χ4n) is 3.79. The lowest BCUT2D eigenvalue weighted by Crippen LogP contribution is -2.55. The van der Waals surface area contributed by atoms with Crippen LogP contribution in [0.5, 0.6) is 0 Å². The highest BCUT2D eigenvalue weighted by Crippen LogP contribution is 2.19. The summed E-state index contributed by atoms with van der Waals surface area (Å²) in [6, 6.07) is 0. The lowest BCUT2D eigenvalue weighted by Gasteiger charge is -2.37. The zero-order valence-corrected chi connectivity index (χ0v) is 18.6. The van der Waals surface area contributed by atoms with E-state index in [1.807, 2.05) is 0 Å². The van der Waals surface area contributed by atoms with Crippen LogP contribution in [0.4, 0.5) is 0 Å². The van der Waals surface area contributed by atoms with Gasteiger partial charge in [-0.2, -0.15) is 0 Å². The molecular weight excluding hydrogens is 368 g/mol. The maximum atomic E-state index is 10.1. The van der Waals surface area contributed by atoms with E-state index >= 15 is 0 Å². The molecule has 5 nitrogen and oxygen atoms in total. The van der Waals surface area contributed by atoms with Crippen molar-refractivity contribution in [1.82, 2.24) is 0 Å². The normalized spacial score (nSPS) is 25.1. The Morgan fingerprint density at radius 2 is 1.38 bits per heavy atom. The van der Waals surface area contributed by atoms with E-state index in [9.17, 15) is 10.2 Å². The summed E-state index contributed by atoms with van der Waals surface area (Å²) in [4.78, 5) is 0. The largest absolute Gasteiger partial charge is 0.394 e. The van der Waals surface area contributed by atoms with Crippen LogP contribution in [-0.4, -0.2) is 59.6 Å². The van der Waals surface area contributed by atoms with Crippen molar-refractivity contribution in [2.24, 2.45) is 0 Å². The molecule has 0 aromatic heterocycles. The summed E-state index contributed by atoms with van der Waals surface area (Å²) >= 11 is 0. The van der Waals surface area contributed by atoms with Crippen molar-refractivity contribution in [3.05, 3.63) is 12.2 Å². The van der Waals surface area contributed by atoms with E-state index < -0.39 is 24.4 Å². The van der Waals surface area contributed by atoms with Crippen LogP contribution in [0.1, 0.15) is 96.8 Å². The van der Waals surface area contributed by atoms with Gasteiger partial charge in [-0.05, 0) is 32.1 Å². The molecule has 0 saturated carbocycles. The monoisotopic (exact) mass is 414 g/mol. The second-order valence-corrected chi connectivity index (χ2v) is 8.39. The van der Waals surface area contributed by atoms with Gasteiger partial charge in [-0.25, -0.2) is 0 Å². The highest BCUT2D eigenvalue weighted by atomic mass is 16.6. The Bertz CT molecular complexity index is 387. The van der Waals surface area contributed by atoms with Gasteiger partial charge in [0.2, 0.25) is 0 Å². The Kier molecular flexibility index (Phi) is 16.8. The molecule has 172 valence electrons. The van der Waals surface area contributed by atoms with Crippen molar-refractivity contribution in [1.29, 1.82) is 0 Å². The van der Waals surface area contributed by atoms with Gasteiger partial charge in [0, 0.05) is 6.61 Å². The van der Waals surface area contributed by atoms with E-state index in [4.69, 9.17) is 14.6 Å². The first kappa shape index (κ1) is 26.6. The fraction of sp³-hybridized carbons (Fsp3) is 0.917. The molecule has 29 heavy (non-hydrogen) atoms. The molecule has 5 heteroatoms. The molecule has 4 atom stereocenters. The van der Waals surface area contributed by atoms with Gasteiger partial charge in [-0.3, -0.25) is 0 Å². The van der Waals surface area contributed by atoms with Crippen LogP contribution < -0.4 is 0 Å². The smallest absolute Gasteiger partial charge is 0.114 e. The third-order valence-corrected chi connectivity index (χ3v) is 5.72. The first-order valence-corrected chi connectivity index (χ1v) is 12.1. The van der Waals surface area contributed by atoms with Gasteiger partial charge in [0.05, 0.1) is 13.2 Å². The summed E-state index contributed by atoms with van der Waals surface area (Å²) in [6.45, 7) is 2.62.